The molecule has 4 unspecified atom stereocenters. The highest BCUT2D eigenvalue weighted by Gasteiger charge is 2.43. The summed E-state index contributed by atoms with van der Waals surface area (Å²) in [5, 5.41) is 6.74. The fourth-order valence-electron chi connectivity index (χ4n) is 3.48. The van der Waals surface area contributed by atoms with E-state index in [9.17, 15) is 4.79 Å². The number of nitrogens with zero attached hydrogens (tertiary/aromatic N) is 1. The van der Waals surface area contributed by atoms with Gasteiger partial charge in [0.25, 0.3) is 0 Å². The van der Waals surface area contributed by atoms with Crippen LogP contribution in [-0.4, -0.2) is 49.1 Å². The van der Waals surface area contributed by atoms with Gasteiger partial charge in [0.15, 0.2) is 0 Å². The molecule has 3 fully saturated rings. The fraction of sp³-hybridized carbons (Fsp3) is 0.917. The van der Waals surface area contributed by atoms with Crippen molar-refractivity contribution in [2.24, 2.45) is 5.92 Å². The number of carbonyl (C=O) groups is 1. The van der Waals surface area contributed by atoms with Crippen molar-refractivity contribution in [1.29, 1.82) is 0 Å². The van der Waals surface area contributed by atoms with Crippen LogP contribution in [0.5, 0.6) is 0 Å². The van der Waals surface area contributed by atoms with Crippen molar-refractivity contribution in [3.63, 3.8) is 0 Å². The third-order valence-electron chi connectivity index (χ3n) is 4.37. The Balaban J connectivity index is 1.54. The van der Waals surface area contributed by atoms with Crippen LogP contribution in [0.2, 0.25) is 0 Å². The number of likely N-dealkylation sites (tertiary alicyclic amines) is 1. The van der Waals surface area contributed by atoms with Crippen molar-refractivity contribution in [2.75, 3.05) is 20.1 Å². The van der Waals surface area contributed by atoms with E-state index in [1.165, 1.54) is 12.8 Å². The minimum Gasteiger partial charge on any atom is -0.352 e. The minimum atomic E-state index is 0.240. The van der Waals surface area contributed by atoms with Gasteiger partial charge in [0, 0.05) is 24.7 Å². The molecule has 4 heteroatoms. The Morgan fingerprint density at radius 3 is 2.81 bits per heavy atom. The van der Waals surface area contributed by atoms with Crippen molar-refractivity contribution < 1.29 is 4.79 Å². The van der Waals surface area contributed by atoms with Crippen LogP contribution in [0.15, 0.2) is 0 Å². The van der Waals surface area contributed by atoms with Crippen LogP contribution in [0.3, 0.4) is 0 Å². The van der Waals surface area contributed by atoms with Crippen molar-refractivity contribution in [1.82, 2.24) is 15.5 Å². The van der Waals surface area contributed by atoms with E-state index in [2.05, 4.69) is 22.6 Å². The van der Waals surface area contributed by atoms with Crippen molar-refractivity contribution in [2.45, 2.75) is 43.8 Å². The Hall–Kier alpha value is -0.610. The van der Waals surface area contributed by atoms with Gasteiger partial charge in [-0.2, -0.15) is 0 Å². The first-order valence-corrected chi connectivity index (χ1v) is 6.47. The number of likely N-dealkylation sites (N-methyl/N-ethyl adjacent to an activating group) is 1. The van der Waals surface area contributed by atoms with Gasteiger partial charge in [-0.15, -0.1) is 0 Å². The van der Waals surface area contributed by atoms with Crippen molar-refractivity contribution in [3.05, 3.63) is 0 Å². The second-order valence-corrected chi connectivity index (χ2v) is 5.65. The standard InChI is InChI=1S/C12H21N3O/c1-15-5-4-9(7-15)14-12(16)10-6-8-2-3-11(10)13-8/h8-11,13H,2-7H2,1H3,(H,14,16). The van der Waals surface area contributed by atoms with Gasteiger partial charge in [0.2, 0.25) is 5.91 Å². The van der Waals surface area contributed by atoms with Crippen LogP contribution < -0.4 is 10.6 Å². The molecule has 3 aliphatic rings. The molecule has 1 amide bonds. The van der Waals surface area contributed by atoms with E-state index < -0.39 is 0 Å². The molecule has 0 aromatic heterocycles. The first kappa shape index (κ1) is 10.5. The molecule has 0 aromatic rings. The molecule has 3 rings (SSSR count). The number of nitrogens with one attached hydrogen (secondary N) is 2. The second-order valence-electron chi connectivity index (χ2n) is 5.65. The van der Waals surface area contributed by atoms with Crippen LogP contribution in [0.4, 0.5) is 0 Å². The van der Waals surface area contributed by atoms with Crippen LogP contribution in [-0.2, 0) is 4.79 Å². The molecule has 0 radical (unpaired) electrons. The summed E-state index contributed by atoms with van der Waals surface area (Å²) in [5.74, 6) is 0.532. The summed E-state index contributed by atoms with van der Waals surface area (Å²) in [6.07, 6.45) is 4.61. The molecule has 2 bridgehead atoms. The number of carbonyl (C=O) groups excluding carboxylic acids is 1. The zero-order valence-corrected chi connectivity index (χ0v) is 9.91. The summed E-state index contributed by atoms with van der Waals surface area (Å²) < 4.78 is 0. The lowest BCUT2D eigenvalue weighted by Gasteiger charge is -2.22. The highest BCUT2D eigenvalue weighted by atomic mass is 16.2. The molecule has 4 atom stereocenters. The zero-order valence-electron chi connectivity index (χ0n) is 9.91. The van der Waals surface area contributed by atoms with Crippen LogP contribution >= 0.6 is 0 Å². The van der Waals surface area contributed by atoms with Gasteiger partial charge in [-0.05, 0) is 39.3 Å². The van der Waals surface area contributed by atoms with Gasteiger partial charge in [-0.1, -0.05) is 0 Å². The smallest absolute Gasteiger partial charge is 0.225 e. The summed E-state index contributed by atoms with van der Waals surface area (Å²) >= 11 is 0. The second kappa shape index (κ2) is 4.00. The van der Waals surface area contributed by atoms with Gasteiger partial charge >= 0.3 is 0 Å². The molecular weight excluding hydrogens is 202 g/mol. The van der Waals surface area contributed by atoms with Crippen molar-refractivity contribution >= 4 is 5.91 Å². The number of fused-ring (bicyclic) bond motifs is 2. The molecule has 3 aliphatic heterocycles. The average molecular weight is 223 g/mol. The van der Waals surface area contributed by atoms with Crippen molar-refractivity contribution in [3.8, 4) is 0 Å². The highest BCUT2D eigenvalue weighted by molar-refractivity contribution is 5.80. The monoisotopic (exact) mass is 223 g/mol. The maximum atomic E-state index is 12.1. The Morgan fingerprint density at radius 2 is 2.25 bits per heavy atom. The lowest BCUT2D eigenvalue weighted by Crippen LogP contribution is -2.43. The van der Waals surface area contributed by atoms with Gasteiger partial charge in [0.1, 0.15) is 0 Å². The number of amides is 1. The number of hydrogen-bond acceptors (Lipinski definition) is 3. The molecule has 0 saturated carbocycles. The van der Waals surface area contributed by atoms with E-state index in [-0.39, 0.29) is 5.92 Å². The zero-order chi connectivity index (χ0) is 11.1. The predicted octanol–water partition coefficient (Wildman–Crippen LogP) is -0.0528. The molecule has 0 spiro atoms. The molecule has 90 valence electrons. The van der Waals surface area contributed by atoms with Gasteiger partial charge < -0.3 is 15.5 Å². The first-order chi connectivity index (χ1) is 7.72. The summed E-state index contributed by atoms with van der Waals surface area (Å²) in [6, 6.07) is 1.47. The molecule has 4 nitrogen and oxygen atoms in total. The summed E-state index contributed by atoms with van der Waals surface area (Å²) in [4.78, 5) is 14.4. The normalized spacial score (nSPS) is 42.8. The molecule has 3 heterocycles. The van der Waals surface area contributed by atoms with Gasteiger partial charge in [-0.25, -0.2) is 0 Å². The molecule has 3 saturated heterocycles. The predicted molar refractivity (Wildman–Crippen MR) is 62.1 cm³/mol. The SMILES string of the molecule is CN1CCC(NC(=O)C2CC3CCC2N3)C1. The lowest BCUT2D eigenvalue weighted by molar-refractivity contribution is -0.126. The number of hydrogen-bond donors (Lipinski definition) is 2. The van der Waals surface area contributed by atoms with E-state index in [4.69, 9.17) is 0 Å². The maximum absolute atomic E-state index is 12.1. The summed E-state index contributed by atoms with van der Waals surface area (Å²) in [7, 11) is 2.12. The van der Waals surface area contributed by atoms with E-state index in [1.54, 1.807) is 0 Å². The van der Waals surface area contributed by atoms with E-state index in [1.807, 2.05) is 0 Å². The Bertz CT molecular complexity index is 294. The summed E-state index contributed by atoms with van der Waals surface area (Å²) in [5.41, 5.74) is 0. The van der Waals surface area contributed by atoms with E-state index >= 15 is 0 Å². The van der Waals surface area contributed by atoms with Crippen LogP contribution in [0.1, 0.15) is 25.7 Å². The fourth-order valence-corrected chi connectivity index (χ4v) is 3.48. The Morgan fingerprint density at radius 1 is 1.38 bits per heavy atom. The van der Waals surface area contributed by atoms with Gasteiger partial charge in [0.05, 0.1) is 5.92 Å². The summed E-state index contributed by atoms with van der Waals surface area (Å²) in [6.45, 7) is 2.12. The Labute approximate surface area is 96.8 Å². The molecule has 2 N–H and O–H groups in total. The highest BCUT2D eigenvalue weighted by Crippen LogP contribution is 2.33. The first-order valence-electron chi connectivity index (χ1n) is 6.47. The minimum absolute atomic E-state index is 0.240. The Kier molecular flexibility index (Phi) is 2.64. The molecule has 16 heavy (non-hydrogen) atoms. The maximum Gasteiger partial charge on any atom is 0.225 e. The third-order valence-corrected chi connectivity index (χ3v) is 4.37. The topological polar surface area (TPSA) is 44.4 Å². The van der Waals surface area contributed by atoms with E-state index in [0.29, 0.717) is 24.0 Å². The van der Waals surface area contributed by atoms with E-state index in [0.717, 1.165) is 25.9 Å². The van der Waals surface area contributed by atoms with Gasteiger partial charge in [-0.3, -0.25) is 4.79 Å². The van der Waals surface area contributed by atoms with Crippen LogP contribution in [0.25, 0.3) is 0 Å². The third kappa shape index (κ3) is 1.84. The quantitative estimate of drug-likeness (QED) is 0.690. The van der Waals surface area contributed by atoms with Crippen LogP contribution in [0, 0.1) is 5.92 Å². The lowest BCUT2D eigenvalue weighted by atomic mass is 9.88. The number of rotatable bonds is 2. The average Bonchev–Trinajstić information content (AvgIpc) is 2.93. The molecular formula is C12H21N3O. The molecule has 0 aliphatic carbocycles. The molecule has 0 aromatic carbocycles. The largest absolute Gasteiger partial charge is 0.352 e.